The van der Waals surface area contributed by atoms with Gasteiger partial charge in [0.15, 0.2) is 0 Å². The summed E-state index contributed by atoms with van der Waals surface area (Å²) in [7, 11) is 1.65. The summed E-state index contributed by atoms with van der Waals surface area (Å²) in [6.45, 7) is 5.24. The smallest absolute Gasteiger partial charge is 0.270 e. The van der Waals surface area contributed by atoms with Gasteiger partial charge in [0.05, 0.1) is 18.2 Å². The standard InChI is InChI=1S/C18H24N2O3S/c1-13(2)23-10-4-9-19-18(21)16-12-24-17(20-16)11-14-5-7-15(22-3)8-6-14/h5-8,12-13H,4,9-11H2,1-3H3,(H,19,21). The van der Waals surface area contributed by atoms with Crippen molar-refractivity contribution in [2.24, 2.45) is 0 Å². The predicted molar refractivity (Wildman–Crippen MR) is 96.0 cm³/mol. The summed E-state index contributed by atoms with van der Waals surface area (Å²) in [5.74, 6) is 0.705. The van der Waals surface area contributed by atoms with E-state index in [0.717, 1.165) is 22.7 Å². The molecule has 5 nitrogen and oxygen atoms in total. The van der Waals surface area contributed by atoms with Crippen LogP contribution in [0.15, 0.2) is 29.6 Å². The molecule has 0 aliphatic heterocycles. The van der Waals surface area contributed by atoms with Gasteiger partial charge < -0.3 is 14.8 Å². The summed E-state index contributed by atoms with van der Waals surface area (Å²) in [6, 6.07) is 7.87. The van der Waals surface area contributed by atoms with Crippen LogP contribution in [-0.4, -0.2) is 37.3 Å². The molecule has 6 heteroatoms. The number of methoxy groups -OCH3 is 1. The van der Waals surface area contributed by atoms with Crippen LogP contribution in [0, 0.1) is 0 Å². The number of amides is 1. The topological polar surface area (TPSA) is 60.5 Å². The largest absolute Gasteiger partial charge is 0.497 e. The molecule has 0 saturated heterocycles. The zero-order chi connectivity index (χ0) is 17.4. The second-order valence-electron chi connectivity index (χ2n) is 5.68. The van der Waals surface area contributed by atoms with Gasteiger partial charge in [-0.1, -0.05) is 12.1 Å². The van der Waals surface area contributed by atoms with Crippen LogP contribution in [0.2, 0.25) is 0 Å². The normalized spacial score (nSPS) is 10.8. The molecule has 130 valence electrons. The van der Waals surface area contributed by atoms with Gasteiger partial charge >= 0.3 is 0 Å². The Hall–Kier alpha value is -1.92. The van der Waals surface area contributed by atoms with Crippen molar-refractivity contribution in [1.29, 1.82) is 0 Å². The molecule has 1 aromatic heterocycles. The fourth-order valence-corrected chi connectivity index (χ4v) is 2.91. The monoisotopic (exact) mass is 348 g/mol. The molecule has 0 spiro atoms. The highest BCUT2D eigenvalue weighted by Gasteiger charge is 2.10. The SMILES string of the molecule is COc1ccc(Cc2nc(C(=O)NCCCOC(C)C)cs2)cc1. The molecular formula is C18H24N2O3S. The first-order valence-electron chi connectivity index (χ1n) is 8.05. The number of nitrogens with one attached hydrogen (secondary N) is 1. The maximum absolute atomic E-state index is 12.1. The summed E-state index contributed by atoms with van der Waals surface area (Å²) in [6.07, 6.45) is 1.73. The van der Waals surface area contributed by atoms with Crippen molar-refractivity contribution in [3.8, 4) is 5.75 Å². The summed E-state index contributed by atoms with van der Waals surface area (Å²) < 4.78 is 10.6. The molecule has 0 bridgehead atoms. The van der Waals surface area contributed by atoms with E-state index in [9.17, 15) is 4.79 Å². The summed E-state index contributed by atoms with van der Waals surface area (Å²) >= 11 is 1.50. The van der Waals surface area contributed by atoms with Crippen LogP contribution in [-0.2, 0) is 11.2 Å². The van der Waals surface area contributed by atoms with Crippen LogP contribution in [0.3, 0.4) is 0 Å². The fraction of sp³-hybridized carbons (Fsp3) is 0.444. The molecule has 0 atom stereocenters. The average Bonchev–Trinajstić information content (AvgIpc) is 3.03. The van der Waals surface area contributed by atoms with E-state index in [4.69, 9.17) is 9.47 Å². The van der Waals surface area contributed by atoms with Gasteiger partial charge in [0.2, 0.25) is 0 Å². The highest BCUT2D eigenvalue weighted by Crippen LogP contribution is 2.17. The summed E-state index contributed by atoms with van der Waals surface area (Å²) in [5.41, 5.74) is 1.62. The lowest BCUT2D eigenvalue weighted by Crippen LogP contribution is -2.25. The molecule has 1 aromatic carbocycles. The van der Waals surface area contributed by atoms with Crippen LogP contribution >= 0.6 is 11.3 Å². The molecule has 1 amide bonds. The minimum Gasteiger partial charge on any atom is -0.497 e. The zero-order valence-electron chi connectivity index (χ0n) is 14.4. The third kappa shape index (κ3) is 5.94. The quantitative estimate of drug-likeness (QED) is 0.707. The first-order chi connectivity index (χ1) is 11.6. The van der Waals surface area contributed by atoms with Gasteiger partial charge in [-0.2, -0.15) is 0 Å². The van der Waals surface area contributed by atoms with Gasteiger partial charge in [0, 0.05) is 25.0 Å². The molecule has 0 saturated carbocycles. The van der Waals surface area contributed by atoms with Crippen LogP contribution in [0.25, 0.3) is 0 Å². The van der Waals surface area contributed by atoms with Gasteiger partial charge in [-0.15, -0.1) is 11.3 Å². The van der Waals surface area contributed by atoms with Crippen LogP contribution < -0.4 is 10.1 Å². The number of ether oxygens (including phenoxy) is 2. The van der Waals surface area contributed by atoms with Crippen molar-refractivity contribution < 1.29 is 14.3 Å². The van der Waals surface area contributed by atoms with E-state index in [1.807, 2.05) is 38.1 Å². The molecule has 0 radical (unpaired) electrons. The third-order valence-electron chi connectivity index (χ3n) is 3.36. The van der Waals surface area contributed by atoms with Crippen LogP contribution in [0.4, 0.5) is 0 Å². The molecular weight excluding hydrogens is 324 g/mol. The second-order valence-corrected chi connectivity index (χ2v) is 6.62. The molecule has 0 fully saturated rings. The Morgan fingerprint density at radius 1 is 1.29 bits per heavy atom. The maximum atomic E-state index is 12.1. The number of hydrogen-bond acceptors (Lipinski definition) is 5. The van der Waals surface area contributed by atoms with E-state index in [2.05, 4.69) is 10.3 Å². The van der Waals surface area contributed by atoms with Crippen molar-refractivity contribution in [1.82, 2.24) is 10.3 Å². The number of hydrogen-bond donors (Lipinski definition) is 1. The van der Waals surface area contributed by atoms with Gasteiger partial charge in [0.1, 0.15) is 11.4 Å². The molecule has 0 unspecified atom stereocenters. The Bertz CT molecular complexity index is 638. The lowest BCUT2D eigenvalue weighted by molar-refractivity contribution is 0.0756. The molecule has 2 rings (SSSR count). The van der Waals surface area contributed by atoms with Crippen molar-refractivity contribution in [3.63, 3.8) is 0 Å². The summed E-state index contributed by atoms with van der Waals surface area (Å²) in [5, 5.41) is 5.60. The van der Waals surface area contributed by atoms with Crippen LogP contribution in [0.5, 0.6) is 5.75 Å². The first kappa shape index (κ1) is 18.4. The van der Waals surface area contributed by atoms with Gasteiger partial charge in [-0.25, -0.2) is 4.98 Å². The van der Waals surface area contributed by atoms with E-state index < -0.39 is 0 Å². The van der Waals surface area contributed by atoms with Gasteiger partial charge in [-0.3, -0.25) is 4.79 Å². The van der Waals surface area contributed by atoms with Crippen molar-refractivity contribution in [2.75, 3.05) is 20.3 Å². The average molecular weight is 348 g/mol. The molecule has 2 aromatic rings. The first-order valence-corrected chi connectivity index (χ1v) is 8.93. The number of benzene rings is 1. The number of thiazole rings is 1. The lowest BCUT2D eigenvalue weighted by atomic mass is 10.1. The van der Waals surface area contributed by atoms with Gasteiger partial charge in [-0.05, 0) is 38.0 Å². The maximum Gasteiger partial charge on any atom is 0.270 e. The molecule has 24 heavy (non-hydrogen) atoms. The molecule has 0 aliphatic rings. The number of rotatable bonds is 9. The van der Waals surface area contributed by atoms with E-state index in [1.54, 1.807) is 12.5 Å². The van der Waals surface area contributed by atoms with E-state index in [1.165, 1.54) is 11.3 Å². The fourth-order valence-electron chi connectivity index (χ4n) is 2.10. The highest BCUT2D eigenvalue weighted by molar-refractivity contribution is 7.09. The number of carbonyl (C=O) groups is 1. The Labute approximate surface area is 147 Å². The zero-order valence-corrected chi connectivity index (χ0v) is 15.2. The van der Waals surface area contributed by atoms with Crippen molar-refractivity contribution >= 4 is 17.2 Å². The minimum atomic E-state index is -0.128. The summed E-state index contributed by atoms with van der Waals surface area (Å²) in [4.78, 5) is 16.5. The number of nitrogens with zero attached hydrogens (tertiary/aromatic N) is 1. The highest BCUT2D eigenvalue weighted by atomic mass is 32.1. The molecule has 1 heterocycles. The van der Waals surface area contributed by atoms with Gasteiger partial charge in [0.25, 0.3) is 5.91 Å². The minimum absolute atomic E-state index is 0.128. The predicted octanol–water partition coefficient (Wildman–Crippen LogP) is 3.29. The van der Waals surface area contributed by atoms with E-state index in [-0.39, 0.29) is 12.0 Å². The van der Waals surface area contributed by atoms with E-state index >= 15 is 0 Å². The third-order valence-corrected chi connectivity index (χ3v) is 4.21. The van der Waals surface area contributed by atoms with Crippen molar-refractivity contribution in [2.45, 2.75) is 32.8 Å². The number of carbonyl (C=O) groups excluding carboxylic acids is 1. The van der Waals surface area contributed by atoms with Crippen LogP contribution in [0.1, 0.15) is 41.3 Å². The van der Waals surface area contributed by atoms with E-state index in [0.29, 0.717) is 25.3 Å². The van der Waals surface area contributed by atoms with Crippen molar-refractivity contribution in [3.05, 3.63) is 45.9 Å². The second kappa shape index (κ2) is 9.39. The Morgan fingerprint density at radius 2 is 2.04 bits per heavy atom. The molecule has 0 aliphatic carbocycles. The number of aromatic nitrogens is 1. The Morgan fingerprint density at radius 3 is 2.71 bits per heavy atom. The lowest BCUT2D eigenvalue weighted by Gasteiger charge is -2.07. The Balaban J connectivity index is 1.80. The Kier molecular flexibility index (Phi) is 7.21. The molecule has 1 N–H and O–H groups in total.